The van der Waals surface area contributed by atoms with E-state index in [0.717, 1.165) is 39.7 Å². The van der Waals surface area contributed by atoms with Crippen LogP contribution in [0.25, 0.3) is 5.65 Å². The number of nitrogens with zero attached hydrogens (tertiary/aromatic N) is 3. The highest BCUT2D eigenvalue weighted by Gasteiger charge is 2.14. The predicted molar refractivity (Wildman–Crippen MR) is 97.5 cm³/mol. The SMILES string of the molecule is CCCC(O)c1ccccc1Sc1ccc2nnc(C(C)C)n2c1. The van der Waals surface area contributed by atoms with Crippen molar-refractivity contribution in [3.05, 3.63) is 54.0 Å². The minimum Gasteiger partial charge on any atom is -0.388 e. The second-order valence-electron chi connectivity index (χ2n) is 6.25. The topological polar surface area (TPSA) is 50.4 Å². The highest BCUT2D eigenvalue weighted by atomic mass is 32.2. The summed E-state index contributed by atoms with van der Waals surface area (Å²) in [6.45, 7) is 6.33. The van der Waals surface area contributed by atoms with Gasteiger partial charge in [0.25, 0.3) is 0 Å². The highest BCUT2D eigenvalue weighted by molar-refractivity contribution is 7.99. The summed E-state index contributed by atoms with van der Waals surface area (Å²) in [6.07, 6.45) is 3.41. The fourth-order valence-corrected chi connectivity index (χ4v) is 3.76. The zero-order valence-electron chi connectivity index (χ0n) is 14.3. The largest absolute Gasteiger partial charge is 0.388 e. The lowest BCUT2D eigenvalue weighted by Gasteiger charge is -2.14. The van der Waals surface area contributed by atoms with Crippen LogP contribution in [0, 0.1) is 0 Å². The van der Waals surface area contributed by atoms with Crippen molar-refractivity contribution in [1.29, 1.82) is 0 Å². The molecule has 3 aromatic rings. The van der Waals surface area contributed by atoms with E-state index in [1.165, 1.54) is 0 Å². The number of benzene rings is 1. The third kappa shape index (κ3) is 3.47. The van der Waals surface area contributed by atoms with Gasteiger partial charge in [-0.25, -0.2) is 0 Å². The van der Waals surface area contributed by atoms with E-state index in [9.17, 15) is 5.11 Å². The van der Waals surface area contributed by atoms with Gasteiger partial charge in [0.2, 0.25) is 0 Å². The molecule has 0 aliphatic rings. The van der Waals surface area contributed by atoms with E-state index in [4.69, 9.17) is 0 Å². The van der Waals surface area contributed by atoms with Gasteiger partial charge in [0, 0.05) is 21.9 Å². The Morgan fingerprint density at radius 3 is 2.67 bits per heavy atom. The van der Waals surface area contributed by atoms with Crippen molar-refractivity contribution >= 4 is 17.4 Å². The van der Waals surface area contributed by atoms with Crippen LogP contribution >= 0.6 is 11.8 Å². The highest BCUT2D eigenvalue weighted by Crippen LogP contribution is 2.34. The maximum absolute atomic E-state index is 10.4. The molecule has 0 bridgehead atoms. The van der Waals surface area contributed by atoms with Crippen molar-refractivity contribution in [2.45, 2.75) is 55.4 Å². The fraction of sp³-hybridized carbons (Fsp3) is 0.368. The lowest BCUT2D eigenvalue weighted by molar-refractivity contribution is 0.163. The minimum absolute atomic E-state index is 0.318. The maximum Gasteiger partial charge on any atom is 0.160 e. The quantitative estimate of drug-likeness (QED) is 0.697. The number of aliphatic hydroxyl groups is 1. The smallest absolute Gasteiger partial charge is 0.160 e. The summed E-state index contributed by atoms with van der Waals surface area (Å²) < 4.78 is 2.05. The van der Waals surface area contributed by atoms with Crippen LogP contribution in [-0.4, -0.2) is 19.7 Å². The average molecular weight is 341 g/mol. The number of hydrogen-bond donors (Lipinski definition) is 1. The van der Waals surface area contributed by atoms with Crippen molar-refractivity contribution in [2.24, 2.45) is 0 Å². The summed E-state index contributed by atoms with van der Waals surface area (Å²) in [4.78, 5) is 2.21. The first-order valence-corrected chi connectivity index (χ1v) is 9.21. The number of aromatic nitrogens is 3. The molecule has 24 heavy (non-hydrogen) atoms. The fourth-order valence-electron chi connectivity index (χ4n) is 2.75. The molecule has 1 atom stereocenters. The van der Waals surface area contributed by atoms with Crippen LogP contribution in [0.4, 0.5) is 0 Å². The molecule has 0 radical (unpaired) electrons. The molecule has 2 heterocycles. The van der Waals surface area contributed by atoms with E-state index in [0.29, 0.717) is 5.92 Å². The van der Waals surface area contributed by atoms with E-state index in [2.05, 4.69) is 53.7 Å². The van der Waals surface area contributed by atoms with Gasteiger partial charge in [-0.05, 0) is 30.2 Å². The first-order valence-electron chi connectivity index (χ1n) is 8.39. The summed E-state index contributed by atoms with van der Waals surface area (Å²) in [6, 6.07) is 12.1. The van der Waals surface area contributed by atoms with Gasteiger partial charge in [-0.3, -0.25) is 4.40 Å². The Balaban J connectivity index is 1.94. The van der Waals surface area contributed by atoms with Crippen molar-refractivity contribution in [3.63, 3.8) is 0 Å². The monoisotopic (exact) mass is 341 g/mol. The van der Waals surface area contributed by atoms with Crippen LogP contribution in [-0.2, 0) is 0 Å². The molecule has 126 valence electrons. The van der Waals surface area contributed by atoms with Crippen LogP contribution in [0.5, 0.6) is 0 Å². The van der Waals surface area contributed by atoms with Crippen LogP contribution in [0.15, 0.2) is 52.4 Å². The van der Waals surface area contributed by atoms with Crippen LogP contribution in [0.1, 0.15) is 57.0 Å². The lowest BCUT2D eigenvalue weighted by atomic mass is 10.1. The molecule has 1 aromatic carbocycles. The summed E-state index contributed by atoms with van der Waals surface area (Å²) in [5.74, 6) is 1.28. The molecule has 0 aliphatic heterocycles. The Labute approximate surface area is 146 Å². The Bertz CT molecular complexity index is 828. The Morgan fingerprint density at radius 1 is 1.12 bits per heavy atom. The Morgan fingerprint density at radius 2 is 1.92 bits per heavy atom. The van der Waals surface area contributed by atoms with E-state index >= 15 is 0 Å². The molecule has 2 aromatic heterocycles. The van der Waals surface area contributed by atoms with Crippen molar-refractivity contribution < 1.29 is 5.11 Å². The summed E-state index contributed by atoms with van der Waals surface area (Å²) in [5.41, 5.74) is 1.86. The Hall–Kier alpha value is -1.85. The zero-order chi connectivity index (χ0) is 17.1. The van der Waals surface area contributed by atoms with E-state index < -0.39 is 6.10 Å². The van der Waals surface area contributed by atoms with Gasteiger partial charge in [0.15, 0.2) is 5.65 Å². The number of fused-ring (bicyclic) bond motifs is 1. The van der Waals surface area contributed by atoms with Crippen LogP contribution < -0.4 is 0 Å². The van der Waals surface area contributed by atoms with Gasteiger partial charge in [-0.2, -0.15) is 0 Å². The normalized spacial score (nSPS) is 12.9. The molecule has 1 unspecified atom stereocenters. The molecule has 0 spiro atoms. The molecule has 3 rings (SSSR count). The standard InChI is InChI=1S/C19H23N3OS/c1-4-7-16(23)15-8-5-6-9-17(15)24-14-10-11-18-20-21-19(13(2)3)22(18)12-14/h5-6,8-13,16,23H,4,7H2,1-3H3. The average Bonchev–Trinajstić information content (AvgIpc) is 2.99. The number of rotatable bonds is 6. The third-order valence-corrected chi connectivity index (χ3v) is 5.05. The molecule has 4 nitrogen and oxygen atoms in total. The summed E-state index contributed by atoms with van der Waals surface area (Å²) in [7, 11) is 0. The number of hydrogen-bond acceptors (Lipinski definition) is 4. The first kappa shape index (κ1) is 17.0. The summed E-state index contributed by atoms with van der Waals surface area (Å²) in [5, 5.41) is 18.9. The number of aliphatic hydroxyl groups excluding tert-OH is 1. The van der Waals surface area contributed by atoms with E-state index in [1.807, 2.05) is 24.3 Å². The second kappa shape index (κ2) is 7.36. The van der Waals surface area contributed by atoms with Crippen molar-refractivity contribution in [3.8, 4) is 0 Å². The number of pyridine rings is 1. The molecule has 0 saturated heterocycles. The van der Waals surface area contributed by atoms with Gasteiger partial charge in [-0.1, -0.05) is 57.2 Å². The molecular formula is C19H23N3OS. The Kier molecular flexibility index (Phi) is 5.21. The van der Waals surface area contributed by atoms with Crippen LogP contribution in [0.3, 0.4) is 0 Å². The van der Waals surface area contributed by atoms with Crippen LogP contribution in [0.2, 0.25) is 0 Å². The maximum atomic E-state index is 10.4. The van der Waals surface area contributed by atoms with E-state index in [1.54, 1.807) is 11.8 Å². The molecule has 0 saturated carbocycles. The first-order chi connectivity index (χ1) is 11.6. The third-order valence-electron chi connectivity index (χ3n) is 3.99. The van der Waals surface area contributed by atoms with Gasteiger partial charge < -0.3 is 5.11 Å². The van der Waals surface area contributed by atoms with Crippen molar-refractivity contribution in [2.75, 3.05) is 0 Å². The summed E-state index contributed by atoms with van der Waals surface area (Å²) >= 11 is 1.67. The molecule has 0 aliphatic carbocycles. The van der Waals surface area contributed by atoms with Gasteiger partial charge in [0.1, 0.15) is 5.82 Å². The molecule has 5 heteroatoms. The molecule has 1 N–H and O–H groups in total. The van der Waals surface area contributed by atoms with E-state index in [-0.39, 0.29) is 0 Å². The lowest BCUT2D eigenvalue weighted by Crippen LogP contribution is -1.99. The van der Waals surface area contributed by atoms with Crippen molar-refractivity contribution in [1.82, 2.24) is 14.6 Å². The second-order valence-corrected chi connectivity index (χ2v) is 7.37. The zero-order valence-corrected chi connectivity index (χ0v) is 15.1. The molecular weight excluding hydrogens is 318 g/mol. The van der Waals surface area contributed by atoms with Gasteiger partial charge >= 0.3 is 0 Å². The predicted octanol–water partition coefficient (Wildman–Crippen LogP) is 4.84. The molecule has 0 fully saturated rings. The molecule has 0 amide bonds. The van der Waals surface area contributed by atoms with Gasteiger partial charge in [0.05, 0.1) is 6.10 Å². The van der Waals surface area contributed by atoms with Gasteiger partial charge in [-0.15, -0.1) is 10.2 Å². The minimum atomic E-state index is -0.413.